The van der Waals surface area contributed by atoms with Gasteiger partial charge in [-0.25, -0.2) is 0 Å². The summed E-state index contributed by atoms with van der Waals surface area (Å²) in [4.78, 5) is 0. The van der Waals surface area contributed by atoms with E-state index in [1.807, 2.05) is 13.0 Å². The smallest absolute Gasteiger partial charge is 0.200 e. The summed E-state index contributed by atoms with van der Waals surface area (Å²) in [7, 11) is 0. The zero-order chi connectivity index (χ0) is 13.2. The minimum absolute atomic E-state index is 0.748. The van der Waals surface area contributed by atoms with Crippen LogP contribution in [0.1, 0.15) is 16.8 Å². The average molecular weight is 253 g/mol. The van der Waals surface area contributed by atoms with Crippen molar-refractivity contribution in [2.75, 3.05) is 5.32 Å². The van der Waals surface area contributed by atoms with E-state index in [2.05, 4.69) is 51.8 Å². The highest BCUT2D eigenvalue weighted by atomic mass is 15.3. The Hall–Kier alpha value is -2.43. The Kier molecular flexibility index (Phi) is 2.87. The molecule has 0 aliphatic carbocycles. The second kappa shape index (κ2) is 4.68. The van der Waals surface area contributed by atoms with Crippen molar-refractivity contribution in [3.63, 3.8) is 0 Å². The fraction of sp³-hybridized carbons (Fsp3) is 0.214. The van der Waals surface area contributed by atoms with E-state index in [1.54, 1.807) is 10.8 Å². The zero-order valence-corrected chi connectivity index (χ0v) is 11.0. The van der Waals surface area contributed by atoms with Crippen molar-refractivity contribution in [1.82, 2.24) is 19.8 Å². The molecule has 0 fully saturated rings. The number of aromatic nitrogens is 4. The van der Waals surface area contributed by atoms with Gasteiger partial charge in [0.05, 0.1) is 11.4 Å². The van der Waals surface area contributed by atoms with Crippen LogP contribution in [0.15, 0.2) is 36.7 Å². The van der Waals surface area contributed by atoms with E-state index in [0.29, 0.717) is 0 Å². The molecule has 0 saturated carbocycles. The van der Waals surface area contributed by atoms with Gasteiger partial charge in [-0.15, -0.1) is 10.2 Å². The summed E-state index contributed by atoms with van der Waals surface area (Å²) < 4.78 is 1.69. The molecule has 0 amide bonds. The molecule has 0 unspecified atom stereocenters. The van der Waals surface area contributed by atoms with Crippen LogP contribution in [0, 0.1) is 13.8 Å². The molecule has 19 heavy (non-hydrogen) atoms. The number of aryl methyl sites for hydroxylation is 2. The Morgan fingerprint density at radius 2 is 1.95 bits per heavy atom. The van der Waals surface area contributed by atoms with Crippen LogP contribution in [0.5, 0.6) is 0 Å². The fourth-order valence-electron chi connectivity index (χ4n) is 1.99. The van der Waals surface area contributed by atoms with Crippen molar-refractivity contribution >= 4 is 11.3 Å². The van der Waals surface area contributed by atoms with Crippen molar-refractivity contribution in [3.05, 3.63) is 53.5 Å². The van der Waals surface area contributed by atoms with Crippen molar-refractivity contribution in [3.8, 4) is 0 Å². The largest absolute Gasteiger partial charge is 0.378 e. The molecule has 3 aromatic rings. The van der Waals surface area contributed by atoms with Crippen LogP contribution >= 0.6 is 0 Å². The number of nitrogens with one attached hydrogen (secondary N) is 1. The predicted molar refractivity (Wildman–Crippen MR) is 74.0 cm³/mol. The van der Waals surface area contributed by atoms with Crippen LogP contribution in [-0.4, -0.2) is 19.8 Å². The number of hydrogen-bond acceptors (Lipinski definition) is 4. The highest BCUT2D eigenvalue weighted by Crippen LogP contribution is 2.16. The number of benzene rings is 1. The maximum atomic E-state index is 4.31. The highest BCUT2D eigenvalue weighted by Gasteiger charge is 2.05. The first-order valence-electron chi connectivity index (χ1n) is 6.19. The van der Waals surface area contributed by atoms with Gasteiger partial charge in [-0.1, -0.05) is 29.8 Å². The van der Waals surface area contributed by atoms with Gasteiger partial charge in [-0.2, -0.15) is 9.61 Å². The van der Waals surface area contributed by atoms with E-state index >= 15 is 0 Å². The van der Waals surface area contributed by atoms with Crippen molar-refractivity contribution in [1.29, 1.82) is 0 Å². The lowest BCUT2D eigenvalue weighted by molar-refractivity contribution is 0.892. The van der Waals surface area contributed by atoms with Gasteiger partial charge in [0.2, 0.25) is 5.65 Å². The molecule has 0 spiro atoms. The van der Waals surface area contributed by atoms with Crippen LogP contribution in [0.2, 0.25) is 0 Å². The molecule has 3 rings (SSSR count). The Bertz CT molecular complexity index is 699. The fourth-order valence-corrected chi connectivity index (χ4v) is 1.99. The molecule has 5 nitrogen and oxygen atoms in total. The van der Waals surface area contributed by atoms with Crippen LogP contribution < -0.4 is 5.32 Å². The Balaban J connectivity index is 1.85. The Morgan fingerprint density at radius 1 is 1.16 bits per heavy atom. The third kappa shape index (κ3) is 2.40. The maximum Gasteiger partial charge on any atom is 0.200 e. The zero-order valence-electron chi connectivity index (χ0n) is 11.0. The number of anilines is 1. The molecular weight excluding hydrogens is 238 g/mol. The molecule has 96 valence electrons. The first-order valence-corrected chi connectivity index (χ1v) is 6.19. The summed E-state index contributed by atoms with van der Waals surface area (Å²) in [6, 6.07) is 10.5. The van der Waals surface area contributed by atoms with Crippen molar-refractivity contribution in [2.45, 2.75) is 20.4 Å². The minimum atomic E-state index is 0.748. The molecular formula is C14H15N5. The van der Waals surface area contributed by atoms with Gasteiger partial charge in [0.25, 0.3) is 0 Å². The molecule has 5 heteroatoms. The molecule has 1 N–H and O–H groups in total. The lowest BCUT2D eigenvalue weighted by Crippen LogP contribution is -2.04. The van der Waals surface area contributed by atoms with Gasteiger partial charge >= 0.3 is 0 Å². The molecule has 1 aromatic carbocycles. The summed E-state index contributed by atoms with van der Waals surface area (Å²) in [6.45, 7) is 4.80. The van der Waals surface area contributed by atoms with Gasteiger partial charge in [-0.3, -0.25) is 0 Å². The Labute approximate surface area is 111 Å². The van der Waals surface area contributed by atoms with Gasteiger partial charge in [0.1, 0.15) is 6.33 Å². The van der Waals surface area contributed by atoms with Gasteiger partial charge in [0, 0.05) is 6.54 Å². The van der Waals surface area contributed by atoms with Crippen molar-refractivity contribution in [2.24, 2.45) is 0 Å². The molecule has 2 heterocycles. The molecule has 0 radical (unpaired) electrons. The monoisotopic (exact) mass is 253 g/mol. The molecule has 0 aliphatic heterocycles. The SMILES string of the molecule is Cc1ccc(CNc2cc(C)nn3cnnc23)cc1. The maximum absolute atomic E-state index is 4.31. The molecule has 2 aromatic heterocycles. The lowest BCUT2D eigenvalue weighted by atomic mass is 10.1. The summed E-state index contributed by atoms with van der Waals surface area (Å²) in [5.41, 5.74) is 5.13. The first kappa shape index (κ1) is 11.6. The highest BCUT2D eigenvalue weighted by molar-refractivity contribution is 5.66. The van der Waals surface area contributed by atoms with E-state index in [9.17, 15) is 0 Å². The molecule has 0 saturated heterocycles. The number of rotatable bonds is 3. The average Bonchev–Trinajstić information content (AvgIpc) is 2.85. The standard InChI is InChI=1S/C14H15N5/c1-10-3-5-12(6-4-10)8-15-13-7-11(2)18-19-9-16-17-14(13)19/h3-7,9,15H,8H2,1-2H3. The van der Waals surface area contributed by atoms with Crippen LogP contribution in [0.4, 0.5) is 5.69 Å². The third-order valence-electron chi connectivity index (χ3n) is 2.99. The first-order chi connectivity index (χ1) is 9.22. The van der Waals surface area contributed by atoms with Crippen molar-refractivity contribution < 1.29 is 0 Å². The van der Waals surface area contributed by atoms with Crippen LogP contribution in [0.25, 0.3) is 5.65 Å². The van der Waals surface area contributed by atoms with Gasteiger partial charge in [-0.05, 0) is 25.5 Å². The van der Waals surface area contributed by atoms with Crippen LogP contribution in [-0.2, 0) is 6.54 Å². The van der Waals surface area contributed by atoms with Crippen LogP contribution in [0.3, 0.4) is 0 Å². The quantitative estimate of drug-likeness (QED) is 0.778. The molecule has 0 aliphatic rings. The normalized spacial score (nSPS) is 10.8. The van der Waals surface area contributed by atoms with Gasteiger partial charge < -0.3 is 5.32 Å². The Morgan fingerprint density at radius 3 is 2.74 bits per heavy atom. The molecule has 0 atom stereocenters. The summed E-state index contributed by atoms with van der Waals surface area (Å²) >= 11 is 0. The van der Waals surface area contributed by atoms with E-state index in [-0.39, 0.29) is 0 Å². The summed E-state index contributed by atoms with van der Waals surface area (Å²) in [5, 5.41) is 15.7. The number of hydrogen-bond donors (Lipinski definition) is 1. The summed E-state index contributed by atoms with van der Waals surface area (Å²) in [6.07, 6.45) is 1.61. The van der Waals surface area contributed by atoms with E-state index in [4.69, 9.17) is 0 Å². The second-order valence-electron chi connectivity index (χ2n) is 4.64. The second-order valence-corrected chi connectivity index (χ2v) is 4.64. The van der Waals surface area contributed by atoms with E-state index in [0.717, 1.165) is 23.6 Å². The topological polar surface area (TPSA) is 55.1 Å². The molecule has 0 bridgehead atoms. The number of fused-ring (bicyclic) bond motifs is 1. The lowest BCUT2D eigenvalue weighted by Gasteiger charge is -2.08. The van der Waals surface area contributed by atoms with Gasteiger partial charge in [0.15, 0.2) is 0 Å². The minimum Gasteiger partial charge on any atom is -0.378 e. The predicted octanol–water partition coefficient (Wildman–Crippen LogP) is 2.35. The third-order valence-corrected chi connectivity index (χ3v) is 2.99. The summed E-state index contributed by atoms with van der Waals surface area (Å²) in [5.74, 6) is 0. The number of nitrogens with zero attached hydrogens (tertiary/aromatic N) is 4. The van der Waals surface area contributed by atoms with E-state index in [1.165, 1.54) is 11.1 Å². The van der Waals surface area contributed by atoms with E-state index < -0.39 is 0 Å².